The average molecular weight is 350 g/mol. The molecule has 3 saturated heterocycles. The molecule has 1 unspecified atom stereocenters. The molecule has 3 heterocycles. The zero-order chi connectivity index (χ0) is 17.4. The first-order valence-electron chi connectivity index (χ1n) is 8.99. The Labute approximate surface area is 148 Å². The summed E-state index contributed by atoms with van der Waals surface area (Å²) in [4.78, 5) is 0. The Morgan fingerprint density at radius 2 is 1.88 bits per heavy atom. The van der Waals surface area contributed by atoms with E-state index in [4.69, 9.17) is 23.7 Å². The molecular weight excluding hydrogens is 324 g/mol. The summed E-state index contributed by atoms with van der Waals surface area (Å²) in [6.07, 6.45) is 0.179. The third-order valence-corrected chi connectivity index (χ3v) is 5.02. The van der Waals surface area contributed by atoms with Gasteiger partial charge in [-0.1, -0.05) is 30.3 Å². The lowest BCUT2D eigenvalue weighted by Gasteiger charge is -2.29. The molecular formula is C19H26O6. The van der Waals surface area contributed by atoms with Crippen molar-refractivity contribution in [2.75, 3.05) is 6.61 Å². The van der Waals surface area contributed by atoms with Crippen LogP contribution in [0.4, 0.5) is 0 Å². The van der Waals surface area contributed by atoms with E-state index < -0.39 is 12.1 Å². The molecule has 0 radical (unpaired) electrons. The number of hydrogen-bond donors (Lipinski definition) is 1. The summed E-state index contributed by atoms with van der Waals surface area (Å²) in [5.41, 5.74) is 1.10. The lowest BCUT2D eigenvalue weighted by atomic mass is 10.0. The molecule has 1 aromatic rings. The number of hydrogen-bond acceptors (Lipinski definition) is 6. The highest BCUT2D eigenvalue weighted by molar-refractivity contribution is 5.13. The molecule has 3 fully saturated rings. The smallest absolute Gasteiger partial charge is 0.190 e. The van der Waals surface area contributed by atoms with Crippen molar-refractivity contribution < 1.29 is 28.8 Å². The van der Waals surface area contributed by atoms with Gasteiger partial charge in [-0.25, -0.2) is 0 Å². The van der Waals surface area contributed by atoms with E-state index in [9.17, 15) is 5.11 Å². The lowest BCUT2D eigenvalue weighted by molar-refractivity contribution is -0.232. The highest BCUT2D eigenvalue weighted by atomic mass is 16.8. The molecule has 0 bridgehead atoms. The second-order valence-electron chi connectivity index (χ2n) is 7.39. The molecule has 0 amide bonds. The third kappa shape index (κ3) is 3.60. The fourth-order valence-corrected chi connectivity index (χ4v) is 3.87. The summed E-state index contributed by atoms with van der Waals surface area (Å²) in [6.45, 7) is 4.28. The van der Waals surface area contributed by atoms with Gasteiger partial charge in [0.25, 0.3) is 0 Å². The maximum atomic E-state index is 9.33. The standard InChI is InChI=1S/C19H26O6/c1-19(2)24-17-16(21-11-12-6-4-3-5-7-12)15(23-18(17)25-19)14-9-8-13(10-20)22-14/h3-7,13-18,20H,8-11H2,1-2H3/t13?,14-,15+,16-,17+,18+/m0/s1. The fourth-order valence-electron chi connectivity index (χ4n) is 3.87. The Morgan fingerprint density at radius 1 is 1.08 bits per heavy atom. The predicted molar refractivity (Wildman–Crippen MR) is 88.7 cm³/mol. The fraction of sp³-hybridized carbons (Fsp3) is 0.684. The van der Waals surface area contributed by atoms with Crippen LogP contribution in [0.3, 0.4) is 0 Å². The molecule has 0 spiro atoms. The number of aliphatic hydroxyl groups is 1. The molecule has 6 nitrogen and oxygen atoms in total. The summed E-state index contributed by atoms with van der Waals surface area (Å²) in [6, 6.07) is 10.0. The van der Waals surface area contributed by atoms with Crippen molar-refractivity contribution in [2.24, 2.45) is 0 Å². The van der Waals surface area contributed by atoms with Crippen molar-refractivity contribution in [3.05, 3.63) is 35.9 Å². The van der Waals surface area contributed by atoms with E-state index in [1.54, 1.807) is 0 Å². The van der Waals surface area contributed by atoms with E-state index in [1.165, 1.54) is 0 Å². The molecule has 1 N–H and O–H groups in total. The molecule has 0 saturated carbocycles. The predicted octanol–water partition coefficient (Wildman–Crippen LogP) is 1.99. The van der Waals surface area contributed by atoms with E-state index in [0.717, 1.165) is 18.4 Å². The Bertz CT molecular complexity index is 577. The van der Waals surface area contributed by atoms with E-state index in [1.807, 2.05) is 44.2 Å². The minimum absolute atomic E-state index is 0.0334. The SMILES string of the molecule is CC1(C)O[C@H]2O[C@H]([C@@H]3CCC(CO)O3)[C@H](OCc3ccccc3)[C@H]2O1. The van der Waals surface area contributed by atoms with Gasteiger partial charge in [0, 0.05) is 0 Å². The van der Waals surface area contributed by atoms with Crippen molar-refractivity contribution in [3.63, 3.8) is 0 Å². The molecule has 0 aromatic heterocycles. The second kappa shape index (κ2) is 6.95. The van der Waals surface area contributed by atoms with Crippen molar-refractivity contribution in [1.82, 2.24) is 0 Å². The number of ether oxygens (including phenoxy) is 5. The summed E-state index contributed by atoms with van der Waals surface area (Å²) < 4.78 is 30.2. The van der Waals surface area contributed by atoms with Crippen LogP contribution in [0.5, 0.6) is 0 Å². The molecule has 6 heteroatoms. The summed E-state index contributed by atoms with van der Waals surface area (Å²) in [5, 5.41) is 9.33. The molecule has 3 aliphatic heterocycles. The Kier molecular flexibility index (Phi) is 4.83. The van der Waals surface area contributed by atoms with Crippen LogP contribution in [0, 0.1) is 0 Å². The molecule has 25 heavy (non-hydrogen) atoms. The van der Waals surface area contributed by atoms with Gasteiger partial charge < -0.3 is 28.8 Å². The van der Waals surface area contributed by atoms with Crippen LogP contribution in [0.15, 0.2) is 30.3 Å². The molecule has 3 aliphatic rings. The third-order valence-electron chi connectivity index (χ3n) is 5.02. The van der Waals surface area contributed by atoms with Crippen molar-refractivity contribution in [3.8, 4) is 0 Å². The maximum Gasteiger partial charge on any atom is 0.190 e. The first kappa shape index (κ1) is 17.4. The summed E-state index contributed by atoms with van der Waals surface area (Å²) in [5.74, 6) is -0.682. The van der Waals surface area contributed by atoms with E-state index in [0.29, 0.717) is 6.61 Å². The Hall–Kier alpha value is -1.02. The summed E-state index contributed by atoms with van der Waals surface area (Å²) in [7, 11) is 0. The average Bonchev–Trinajstić information content (AvgIpc) is 3.26. The monoisotopic (exact) mass is 350 g/mol. The molecule has 0 aliphatic carbocycles. The molecule has 138 valence electrons. The van der Waals surface area contributed by atoms with E-state index >= 15 is 0 Å². The lowest BCUT2D eigenvalue weighted by Crippen LogP contribution is -2.42. The quantitative estimate of drug-likeness (QED) is 0.876. The second-order valence-corrected chi connectivity index (χ2v) is 7.39. The number of benzene rings is 1. The van der Waals surface area contributed by atoms with Gasteiger partial charge in [-0.3, -0.25) is 0 Å². The van der Waals surface area contributed by atoms with Crippen LogP contribution in [0.2, 0.25) is 0 Å². The maximum absolute atomic E-state index is 9.33. The van der Waals surface area contributed by atoms with Gasteiger partial charge >= 0.3 is 0 Å². The Morgan fingerprint density at radius 3 is 2.60 bits per heavy atom. The van der Waals surface area contributed by atoms with Gasteiger partial charge in [-0.15, -0.1) is 0 Å². The Balaban J connectivity index is 1.48. The minimum atomic E-state index is -0.682. The van der Waals surface area contributed by atoms with Crippen LogP contribution in [-0.2, 0) is 30.3 Å². The van der Waals surface area contributed by atoms with Crippen LogP contribution in [-0.4, -0.2) is 54.3 Å². The highest BCUT2D eigenvalue weighted by Gasteiger charge is 2.58. The number of aliphatic hydroxyl groups excluding tert-OH is 1. The van der Waals surface area contributed by atoms with Crippen LogP contribution >= 0.6 is 0 Å². The van der Waals surface area contributed by atoms with Crippen molar-refractivity contribution in [1.29, 1.82) is 0 Å². The van der Waals surface area contributed by atoms with Gasteiger partial charge in [0.2, 0.25) is 0 Å². The van der Waals surface area contributed by atoms with Gasteiger partial charge in [-0.2, -0.15) is 0 Å². The minimum Gasteiger partial charge on any atom is -0.394 e. The van der Waals surface area contributed by atoms with Crippen LogP contribution in [0.1, 0.15) is 32.3 Å². The summed E-state index contributed by atoms with van der Waals surface area (Å²) >= 11 is 0. The number of fused-ring (bicyclic) bond motifs is 1. The van der Waals surface area contributed by atoms with Gasteiger partial charge in [0.15, 0.2) is 12.1 Å². The molecule has 6 atom stereocenters. The first-order valence-corrected chi connectivity index (χ1v) is 8.99. The zero-order valence-corrected chi connectivity index (χ0v) is 14.7. The zero-order valence-electron chi connectivity index (χ0n) is 14.7. The van der Waals surface area contributed by atoms with Crippen molar-refractivity contribution >= 4 is 0 Å². The first-order chi connectivity index (χ1) is 12.1. The topological polar surface area (TPSA) is 66.4 Å². The van der Waals surface area contributed by atoms with Gasteiger partial charge in [-0.05, 0) is 32.3 Å². The van der Waals surface area contributed by atoms with Gasteiger partial charge in [0.1, 0.15) is 18.3 Å². The highest BCUT2D eigenvalue weighted by Crippen LogP contribution is 2.42. The molecule has 1 aromatic carbocycles. The van der Waals surface area contributed by atoms with Crippen LogP contribution < -0.4 is 0 Å². The normalized spacial score (nSPS) is 39.6. The van der Waals surface area contributed by atoms with Crippen LogP contribution in [0.25, 0.3) is 0 Å². The van der Waals surface area contributed by atoms with E-state index in [2.05, 4.69) is 0 Å². The largest absolute Gasteiger partial charge is 0.394 e. The molecule has 4 rings (SSSR count). The van der Waals surface area contributed by atoms with E-state index in [-0.39, 0.29) is 37.1 Å². The van der Waals surface area contributed by atoms with Crippen molar-refractivity contribution in [2.45, 2.75) is 75.9 Å². The number of rotatable bonds is 5. The van der Waals surface area contributed by atoms with Gasteiger partial charge in [0.05, 0.1) is 25.4 Å².